The van der Waals surface area contributed by atoms with Crippen LogP contribution in [0.4, 0.5) is 0 Å². The fourth-order valence-electron chi connectivity index (χ4n) is 11.9. The van der Waals surface area contributed by atoms with E-state index in [-0.39, 0.29) is 52.5 Å². The number of phenolic OH excluding ortho intramolecular Hbond substituents is 1. The number of aromatic nitrogens is 2. The fourth-order valence-corrected chi connectivity index (χ4v) is 11.9. The molecule has 0 spiro atoms. The molecule has 4 saturated carbocycles. The van der Waals surface area contributed by atoms with E-state index in [4.69, 9.17) is 23.9 Å². The molecule has 314 valence electrons. The van der Waals surface area contributed by atoms with Crippen LogP contribution in [0.25, 0.3) is 22.3 Å². The molecule has 2 aromatic carbocycles. The van der Waals surface area contributed by atoms with Crippen molar-refractivity contribution >= 4 is 34.6 Å². The smallest absolute Gasteiger partial charge is 0.352 e. The molecule has 12 nitrogen and oxygen atoms in total. The molecule has 0 radical (unpaired) electrons. The maximum atomic E-state index is 13.6. The van der Waals surface area contributed by atoms with Crippen LogP contribution in [-0.4, -0.2) is 51.1 Å². The van der Waals surface area contributed by atoms with Gasteiger partial charge < -0.3 is 28.6 Å². The van der Waals surface area contributed by atoms with Crippen molar-refractivity contribution in [1.82, 2.24) is 9.55 Å². The molecule has 0 bridgehead atoms. The SMILES string of the molecule is CC.C[C@]12CC[C@H](OC(=O)c3ccc(OCC(=O)O[C@@H]4C(=O)OCc5c4cc4n(c5=O)Cc5cc6cc(O)ccc6nc5-4)cc3)CC1CCC1C2CC[C@]2(C)C(=O)CCC12. The summed E-state index contributed by atoms with van der Waals surface area (Å²) >= 11 is 0. The van der Waals surface area contributed by atoms with Crippen LogP contribution in [0.2, 0.25) is 0 Å². The minimum Gasteiger partial charge on any atom is -0.508 e. The molecule has 4 aliphatic carbocycles. The molecule has 12 heteroatoms. The van der Waals surface area contributed by atoms with E-state index in [2.05, 4.69) is 13.8 Å². The summed E-state index contributed by atoms with van der Waals surface area (Å²) in [5.74, 6) is 1.12. The van der Waals surface area contributed by atoms with Crippen molar-refractivity contribution in [3.05, 3.63) is 87.2 Å². The lowest BCUT2D eigenvalue weighted by Gasteiger charge is -2.60. The predicted octanol–water partition coefficient (Wildman–Crippen LogP) is 8.01. The molecule has 1 N–H and O–H groups in total. The second kappa shape index (κ2) is 15.2. The van der Waals surface area contributed by atoms with E-state index in [0.717, 1.165) is 68.7 Å². The lowest BCUT2D eigenvalue weighted by atomic mass is 9.45. The Labute approximate surface area is 348 Å². The molecule has 4 fully saturated rings. The van der Waals surface area contributed by atoms with Crippen molar-refractivity contribution in [2.24, 2.45) is 34.5 Å². The van der Waals surface area contributed by atoms with Gasteiger partial charge in [0.1, 0.15) is 30.0 Å². The summed E-state index contributed by atoms with van der Waals surface area (Å²) in [5.41, 5.74) is 3.02. The number of fused-ring (bicyclic) bond motifs is 10. The molecule has 8 atom stereocenters. The number of pyridine rings is 2. The van der Waals surface area contributed by atoms with Crippen LogP contribution < -0.4 is 10.3 Å². The zero-order valence-corrected chi connectivity index (χ0v) is 34.7. The molecule has 60 heavy (non-hydrogen) atoms. The second-order valence-corrected chi connectivity index (χ2v) is 17.9. The monoisotopic (exact) mass is 816 g/mol. The zero-order valence-electron chi connectivity index (χ0n) is 34.7. The van der Waals surface area contributed by atoms with E-state index in [1.165, 1.54) is 6.07 Å². The molecule has 4 heterocycles. The quantitative estimate of drug-likeness (QED) is 0.131. The van der Waals surface area contributed by atoms with Gasteiger partial charge in [-0.15, -0.1) is 0 Å². The first kappa shape index (κ1) is 39.9. The van der Waals surface area contributed by atoms with Crippen molar-refractivity contribution in [1.29, 1.82) is 0 Å². The minimum atomic E-state index is -1.47. The zero-order chi connectivity index (χ0) is 42.1. The average Bonchev–Trinajstić information content (AvgIpc) is 3.76. The molecule has 10 rings (SSSR count). The number of nitrogens with zero attached hydrogens (tertiary/aromatic N) is 2. The Morgan fingerprint density at radius 3 is 2.52 bits per heavy atom. The fraction of sp³-hybridized carbons (Fsp3) is 0.500. The van der Waals surface area contributed by atoms with Gasteiger partial charge in [0.25, 0.3) is 5.56 Å². The summed E-state index contributed by atoms with van der Waals surface area (Å²) < 4.78 is 24.1. The van der Waals surface area contributed by atoms with Crippen LogP contribution in [0, 0.1) is 34.5 Å². The van der Waals surface area contributed by atoms with Crippen molar-refractivity contribution < 1.29 is 43.2 Å². The largest absolute Gasteiger partial charge is 0.508 e. The summed E-state index contributed by atoms with van der Waals surface area (Å²) in [6.45, 7) is 8.15. The standard InChI is InChI=1S/C46H46N2O10.C2H6/c1-45-15-13-30(19-27(45)5-9-31-34-10-12-38(50)46(34,2)16-14-35(31)45)57-43(53)24-3-7-29(8-4-24)55-23-39(51)58-41-32-20-37-40-26(17-25-18-28(49)6-11-36(25)47-40)21-48(37)42(52)33(32)22-56-44(41)54;1-2/h3-4,6-8,11,17-18,20,27,30-31,34-35,41,49H,5,9-10,12-16,19,21-23H2,1-2H3;1-2H3/t27?,30-,31?,34?,35?,41-,45-,46-;/m0./s1. The van der Waals surface area contributed by atoms with E-state index in [9.17, 15) is 29.1 Å². The van der Waals surface area contributed by atoms with Gasteiger partial charge in [-0.2, -0.15) is 0 Å². The van der Waals surface area contributed by atoms with Crippen LogP contribution in [0.1, 0.15) is 119 Å². The Kier molecular flexibility index (Phi) is 10.1. The molecular weight excluding hydrogens is 765 g/mol. The molecule has 4 unspecified atom stereocenters. The van der Waals surface area contributed by atoms with Crippen molar-refractivity contribution in [2.75, 3.05) is 6.61 Å². The first-order valence-corrected chi connectivity index (χ1v) is 21.6. The highest BCUT2D eigenvalue weighted by Crippen LogP contribution is 2.65. The van der Waals surface area contributed by atoms with Crippen LogP contribution in [-0.2, 0) is 41.7 Å². The summed E-state index contributed by atoms with van der Waals surface area (Å²) in [5, 5.41) is 10.7. The first-order valence-electron chi connectivity index (χ1n) is 21.6. The molecule has 2 aromatic heterocycles. The van der Waals surface area contributed by atoms with Gasteiger partial charge in [-0.3, -0.25) is 9.59 Å². The lowest BCUT2D eigenvalue weighted by Crippen LogP contribution is -2.54. The summed E-state index contributed by atoms with van der Waals surface area (Å²) in [7, 11) is 0. The van der Waals surface area contributed by atoms with Crippen LogP contribution in [0.15, 0.2) is 59.4 Å². The van der Waals surface area contributed by atoms with E-state index in [1.807, 2.05) is 19.9 Å². The lowest BCUT2D eigenvalue weighted by molar-refractivity contribution is -0.172. The van der Waals surface area contributed by atoms with Gasteiger partial charge in [0.2, 0.25) is 6.10 Å². The molecule has 0 amide bonds. The van der Waals surface area contributed by atoms with Gasteiger partial charge >= 0.3 is 17.9 Å². The number of benzene rings is 2. The Balaban J connectivity index is 0.00000228. The predicted molar refractivity (Wildman–Crippen MR) is 220 cm³/mol. The topological polar surface area (TPSA) is 160 Å². The van der Waals surface area contributed by atoms with E-state index < -0.39 is 30.6 Å². The third-order valence-corrected chi connectivity index (χ3v) is 15.0. The second-order valence-electron chi connectivity index (χ2n) is 17.9. The van der Waals surface area contributed by atoms with Gasteiger partial charge in [-0.05, 0) is 135 Å². The van der Waals surface area contributed by atoms with Gasteiger partial charge in [-0.1, -0.05) is 27.7 Å². The number of esters is 3. The van der Waals surface area contributed by atoms with Gasteiger partial charge in [-0.25, -0.2) is 19.4 Å². The normalized spacial score (nSPS) is 29.6. The number of carbonyl (C=O) groups excluding carboxylic acids is 4. The number of hydrogen-bond acceptors (Lipinski definition) is 11. The first-order chi connectivity index (χ1) is 28.9. The number of hydrogen-bond donors (Lipinski definition) is 1. The van der Waals surface area contributed by atoms with E-state index >= 15 is 0 Å². The third-order valence-electron chi connectivity index (χ3n) is 15.0. The maximum Gasteiger partial charge on any atom is 0.352 e. The molecular formula is C48H52N2O10. The highest BCUT2D eigenvalue weighted by atomic mass is 16.6. The number of rotatable bonds is 6. The van der Waals surface area contributed by atoms with Crippen LogP contribution in [0.3, 0.4) is 0 Å². The number of aromatic hydroxyl groups is 1. The Bertz CT molecular complexity index is 2480. The minimum absolute atomic E-state index is 0.107. The molecule has 2 aliphatic heterocycles. The van der Waals surface area contributed by atoms with Crippen molar-refractivity contribution in [3.63, 3.8) is 0 Å². The van der Waals surface area contributed by atoms with Gasteiger partial charge in [0, 0.05) is 28.3 Å². The van der Waals surface area contributed by atoms with Crippen molar-refractivity contribution in [3.8, 4) is 22.9 Å². The van der Waals surface area contributed by atoms with E-state index in [0.29, 0.717) is 57.7 Å². The summed E-state index contributed by atoms with van der Waals surface area (Å²) in [6.07, 6.45) is 7.29. The molecule has 0 saturated heterocycles. The Morgan fingerprint density at radius 1 is 0.917 bits per heavy atom. The number of Topliss-reactive ketones (excluding diaryl/α,β-unsaturated/α-hetero) is 1. The molecule has 6 aliphatic rings. The number of ketones is 1. The molecule has 4 aromatic rings. The number of phenols is 1. The highest BCUT2D eigenvalue weighted by molar-refractivity contribution is 5.90. The van der Waals surface area contributed by atoms with E-state index in [1.54, 1.807) is 47.0 Å². The average molecular weight is 817 g/mol. The van der Waals surface area contributed by atoms with Crippen molar-refractivity contribution in [2.45, 2.75) is 111 Å². The van der Waals surface area contributed by atoms with Gasteiger partial charge in [0.05, 0.1) is 34.6 Å². The Morgan fingerprint density at radius 2 is 1.72 bits per heavy atom. The van der Waals surface area contributed by atoms with Gasteiger partial charge in [0.15, 0.2) is 6.61 Å². The number of cyclic esters (lactones) is 1. The van der Waals surface area contributed by atoms with Crippen LogP contribution >= 0.6 is 0 Å². The third kappa shape index (κ3) is 6.57. The number of ether oxygens (including phenoxy) is 4. The highest BCUT2D eigenvalue weighted by Gasteiger charge is 2.60. The van der Waals surface area contributed by atoms with Crippen LogP contribution in [0.5, 0.6) is 11.5 Å². The summed E-state index contributed by atoms with van der Waals surface area (Å²) in [6, 6.07) is 14.7. The maximum absolute atomic E-state index is 13.6. The number of carbonyl (C=O) groups is 4. The Hall–Kier alpha value is -5.52. The summed E-state index contributed by atoms with van der Waals surface area (Å²) in [4.78, 5) is 70.4.